The van der Waals surface area contributed by atoms with E-state index in [-0.39, 0.29) is 42.6 Å². The van der Waals surface area contributed by atoms with Crippen LogP contribution in [0.1, 0.15) is 29.6 Å². The molecule has 1 spiro atoms. The first-order valence-corrected chi connectivity index (χ1v) is 8.58. The van der Waals surface area contributed by atoms with Crippen molar-refractivity contribution in [2.45, 2.75) is 31.4 Å². The van der Waals surface area contributed by atoms with Crippen LogP contribution < -0.4 is 4.74 Å². The molecule has 9 heteroatoms. The maximum Gasteiger partial charge on any atom is 0.387 e. The molecule has 0 aliphatic carbocycles. The molecule has 0 saturated carbocycles. The summed E-state index contributed by atoms with van der Waals surface area (Å²) in [6.45, 7) is -2.42. The largest absolute Gasteiger partial charge is 0.481 e. The highest BCUT2D eigenvalue weighted by molar-refractivity contribution is 5.95. The molecule has 7 nitrogen and oxygen atoms in total. The molecule has 2 saturated heterocycles. The lowest BCUT2D eigenvalue weighted by Gasteiger charge is -2.45. The zero-order valence-corrected chi connectivity index (χ0v) is 14.7. The molecule has 0 aromatic heterocycles. The first-order valence-electron chi connectivity index (χ1n) is 8.58. The van der Waals surface area contributed by atoms with Crippen LogP contribution >= 0.6 is 0 Å². The molecule has 1 atom stereocenters. The van der Waals surface area contributed by atoms with E-state index in [1.165, 1.54) is 29.2 Å². The Labute approximate surface area is 154 Å². The summed E-state index contributed by atoms with van der Waals surface area (Å²) in [4.78, 5) is 39.4. The number of alkyl halides is 2. The van der Waals surface area contributed by atoms with Crippen molar-refractivity contribution in [3.63, 3.8) is 0 Å². The standard InChI is InChI=1S/C18H20F2N2O5/c1-21-14(23)10-13(16(25)26)18(21)5-7-22(8-6-18)15(24)11-3-2-4-12(9-11)27-17(19)20/h2-4,9,13,17H,5-8,10H2,1H3,(H,25,26). The number of halogens is 2. The highest BCUT2D eigenvalue weighted by Crippen LogP contribution is 2.43. The summed E-state index contributed by atoms with van der Waals surface area (Å²) in [5, 5.41) is 9.49. The van der Waals surface area contributed by atoms with Gasteiger partial charge in [-0.15, -0.1) is 0 Å². The Hall–Kier alpha value is -2.71. The minimum Gasteiger partial charge on any atom is -0.481 e. The summed E-state index contributed by atoms with van der Waals surface area (Å²) < 4.78 is 29.0. The molecule has 1 aromatic rings. The molecule has 1 unspecified atom stereocenters. The molecular weight excluding hydrogens is 362 g/mol. The average Bonchev–Trinajstić information content (AvgIpc) is 2.87. The average molecular weight is 382 g/mol. The molecule has 2 heterocycles. The Bertz CT molecular complexity index is 762. The van der Waals surface area contributed by atoms with Crippen molar-refractivity contribution in [2.75, 3.05) is 20.1 Å². The smallest absolute Gasteiger partial charge is 0.387 e. The van der Waals surface area contributed by atoms with E-state index >= 15 is 0 Å². The normalized spacial score (nSPS) is 21.8. The predicted octanol–water partition coefficient (Wildman–Crippen LogP) is 1.83. The van der Waals surface area contributed by atoms with Crippen molar-refractivity contribution in [3.05, 3.63) is 29.8 Å². The molecule has 2 amide bonds. The van der Waals surface area contributed by atoms with E-state index in [9.17, 15) is 28.3 Å². The Morgan fingerprint density at radius 3 is 2.56 bits per heavy atom. The number of benzene rings is 1. The summed E-state index contributed by atoms with van der Waals surface area (Å²) in [5.74, 6) is -2.46. The summed E-state index contributed by atoms with van der Waals surface area (Å²) >= 11 is 0. The summed E-state index contributed by atoms with van der Waals surface area (Å²) in [7, 11) is 1.61. The van der Waals surface area contributed by atoms with E-state index in [1.54, 1.807) is 11.9 Å². The fourth-order valence-corrected chi connectivity index (χ4v) is 4.07. The van der Waals surface area contributed by atoms with Gasteiger partial charge in [0.05, 0.1) is 11.5 Å². The van der Waals surface area contributed by atoms with Crippen LogP contribution in [0, 0.1) is 5.92 Å². The van der Waals surface area contributed by atoms with Gasteiger partial charge in [-0.25, -0.2) is 0 Å². The van der Waals surface area contributed by atoms with Crippen molar-refractivity contribution in [1.29, 1.82) is 0 Å². The van der Waals surface area contributed by atoms with Gasteiger partial charge in [-0.3, -0.25) is 14.4 Å². The third kappa shape index (κ3) is 3.45. The minimum atomic E-state index is -2.98. The van der Waals surface area contributed by atoms with Gasteiger partial charge in [0.15, 0.2) is 0 Å². The first kappa shape index (κ1) is 19.1. The van der Waals surface area contributed by atoms with Crippen molar-refractivity contribution in [2.24, 2.45) is 5.92 Å². The van der Waals surface area contributed by atoms with Crippen LogP contribution in [0.25, 0.3) is 0 Å². The van der Waals surface area contributed by atoms with Crippen LogP contribution in [-0.2, 0) is 9.59 Å². The van der Waals surface area contributed by atoms with Gasteiger partial charge in [0, 0.05) is 32.1 Å². The third-order valence-electron chi connectivity index (χ3n) is 5.59. The van der Waals surface area contributed by atoms with Crippen molar-refractivity contribution in [3.8, 4) is 5.75 Å². The van der Waals surface area contributed by atoms with Gasteiger partial charge in [0.2, 0.25) is 5.91 Å². The van der Waals surface area contributed by atoms with Crippen LogP contribution in [0.2, 0.25) is 0 Å². The second-order valence-electron chi connectivity index (χ2n) is 6.85. The van der Waals surface area contributed by atoms with Gasteiger partial charge < -0.3 is 19.6 Å². The molecule has 27 heavy (non-hydrogen) atoms. The number of hydrogen-bond donors (Lipinski definition) is 1. The lowest BCUT2D eigenvalue weighted by atomic mass is 9.77. The molecular formula is C18H20F2N2O5. The van der Waals surface area contributed by atoms with E-state index < -0.39 is 24.0 Å². The topological polar surface area (TPSA) is 87.2 Å². The number of aliphatic carboxylic acids is 1. The molecule has 2 fully saturated rings. The Morgan fingerprint density at radius 1 is 1.30 bits per heavy atom. The van der Waals surface area contributed by atoms with Crippen LogP contribution in [0.5, 0.6) is 5.75 Å². The fourth-order valence-electron chi connectivity index (χ4n) is 4.07. The summed E-state index contributed by atoms with van der Waals surface area (Å²) in [5.41, 5.74) is -0.574. The molecule has 146 valence electrons. The SMILES string of the molecule is CN1C(=O)CC(C(=O)O)C12CCN(C(=O)c1cccc(OC(F)F)c1)CC2. The highest BCUT2D eigenvalue weighted by atomic mass is 19.3. The number of carboxylic acids is 1. The number of nitrogens with zero attached hydrogens (tertiary/aromatic N) is 2. The van der Waals surface area contributed by atoms with Crippen LogP contribution in [-0.4, -0.2) is 65.0 Å². The van der Waals surface area contributed by atoms with Gasteiger partial charge in [-0.1, -0.05) is 6.07 Å². The number of carbonyl (C=O) groups is 3. The van der Waals surface area contributed by atoms with E-state index in [1.807, 2.05) is 0 Å². The second-order valence-corrected chi connectivity index (χ2v) is 6.85. The molecule has 1 N–H and O–H groups in total. The van der Waals surface area contributed by atoms with Crippen molar-refractivity contribution < 1.29 is 33.0 Å². The van der Waals surface area contributed by atoms with E-state index in [0.717, 1.165) is 0 Å². The summed E-state index contributed by atoms with van der Waals surface area (Å²) in [6.07, 6.45) is 0.670. The van der Waals surface area contributed by atoms with Gasteiger partial charge >= 0.3 is 12.6 Å². The maximum atomic E-state index is 12.7. The van der Waals surface area contributed by atoms with E-state index in [0.29, 0.717) is 12.8 Å². The number of carbonyl (C=O) groups excluding carboxylic acids is 2. The van der Waals surface area contributed by atoms with Crippen LogP contribution in [0.3, 0.4) is 0 Å². The number of piperidine rings is 1. The first-order chi connectivity index (χ1) is 12.7. The fraction of sp³-hybridized carbons (Fsp3) is 0.500. The van der Waals surface area contributed by atoms with Gasteiger partial charge in [0.1, 0.15) is 5.75 Å². The molecule has 2 aliphatic heterocycles. The number of carboxylic acid groups (broad SMARTS) is 1. The minimum absolute atomic E-state index is 0.0349. The van der Waals surface area contributed by atoms with E-state index in [4.69, 9.17) is 0 Å². The Morgan fingerprint density at radius 2 is 1.96 bits per heavy atom. The maximum absolute atomic E-state index is 12.7. The van der Waals surface area contributed by atoms with E-state index in [2.05, 4.69) is 4.74 Å². The molecule has 1 aromatic carbocycles. The number of likely N-dealkylation sites (tertiary alicyclic amines) is 2. The number of amides is 2. The van der Waals surface area contributed by atoms with Gasteiger partial charge in [-0.05, 0) is 31.0 Å². The molecule has 3 rings (SSSR count). The van der Waals surface area contributed by atoms with Crippen LogP contribution in [0.15, 0.2) is 24.3 Å². The summed E-state index contributed by atoms with van der Waals surface area (Å²) in [6, 6.07) is 5.56. The lowest BCUT2D eigenvalue weighted by molar-refractivity contribution is -0.145. The highest BCUT2D eigenvalue weighted by Gasteiger charge is 2.55. The monoisotopic (exact) mass is 382 g/mol. The van der Waals surface area contributed by atoms with Gasteiger partial charge in [0.25, 0.3) is 5.91 Å². The molecule has 0 radical (unpaired) electrons. The number of ether oxygens (including phenoxy) is 1. The Kier molecular flexibility index (Phi) is 5.03. The zero-order chi connectivity index (χ0) is 19.8. The molecule has 2 aliphatic rings. The lowest BCUT2D eigenvalue weighted by Crippen LogP contribution is -2.56. The number of hydrogen-bond acceptors (Lipinski definition) is 4. The number of rotatable bonds is 4. The van der Waals surface area contributed by atoms with Crippen molar-refractivity contribution in [1.82, 2.24) is 9.80 Å². The van der Waals surface area contributed by atoms with Crippen molar-refractivity contribution >= 4 is 17.8 Å². The Balaban J connectivity index is 1.73. The zero-order valence-electron chi connectivity index (χ0n) is 14.7. The predicted molar refractivity (Wildman–Crippen MR) is 89.5 cm³/mol. The quantitative estimate of drug-likeness (QED) is 0.859. The van der Waals surface area contributed by atoms with Gasteiger partial charge in [-0.2, -0.15) is 8.78 Å². The second kappa shape index (κ2) is 7.13. The van der Waals surface area contributed by atoms with Crippen LogP contribution in [0.4, 0.5) is 8.78 Å². The third-order valence-corrected chi connectivity index (χ3v) is 5.59. The molecule has 0 bridgehead atoms.